The lowest BCUT2D eigenvalue weighted by atomic mass is 10.1. The van der Waals surface area contributed by atoms with Gasteiger partial charge in [-0.2, -0.15) is 0 Å². The van der Waals surface area contributed by atoms with Crippen molar-refractivity contribution >= 4 is 5.91 Å². The standard InChI is InChI=1S/C11H22N2O2/c12-8-4-2-1-3-7-11(14)13-9-5-6-10-15-13/h1-10,12H2/p+1. The minimum absolute atomic E-state index is 0.157. The van der Waals surface area contributed by atoms with E-state index in [0.29, 0.717) is 13.0 Å². The Morgan fingerprint density at radius 1 is 1.20 bits per heavy atom. The summed E-state index contributed by atoms with van der Waals surface area (Å²) in [6.07, 6.45) is 7.28. The average molecular weight is 215 g/mol. The molecule has 4 heteroatoms. The number of hydrogen-bond donors (Lipinski definition) is 1. The summed E-state index contributed by atoms with van der Waals surface area (Å²) in [5.41, 5.74) is 3.80. The number of nitrogens with zero attached hydrogens (tertiary/aromatic N) is 1. The van der Waals surface area contributed by atoms with E-state index in [1.807, 2.05) is 0 Å². The predicted molar refractivity (Wildman–Crippen MR) is 57.7 cm³/mol. The Labute approximate surface area is 91.7 Å². The number of amides is 1. The number of rotatable bonds is 6. The maximum absolute atomic E-state index is 11.6. The topological polar surface area (TPSA) is 57.2 Å². The Bertz CT molecular complexity index is 179. The van der Waals surface area contributed by atoms with Crippen molar-refractivity contribution in [1.82, 2.24) is 5.06 Å². The number of carbonyl (C=O) groups excluding carboxylic acids is 1. The molecule has 0 aromatic rings. The van der Waals surface area contributed by atoms with E-state index in [2.05, 4.69) is 5.73 Å². The molecule has 1 amide bonds. The summed E-state index contributed by atoms with van der Waals surface area (Å²) < 4.78 is 0. The van der Waals surface area contributed by atoms with E-state index in [1.54, 1.807) is 5.06 Å². The second-order valence-electron chi connectivity index (χ2n) is 4.05. The Hall–Kier alpha value is -0.610. The van der Waals surface area contributed by atoms with Gasteiger partial charge < -0.3 is 5.73 Å². The van der Waals surface area contributed by atoms with Crippen molar-refractivity contribution in [1.29, 1.82) is 0 Å². The first-order chi connectivity index (χ1) is 7.34. The lowest BCUT2D eigenvalue weighted by Crippen LogP contribution is -2.50. The number of quaternary nitrogens is 1. The minimum atomic E-state index is 0.157. The summed E-state index contributed by atoms with van der Waals surface area (Å²) in [5.74, 6) is 0.157. The van der Waals surface area contributed by atoms with Gasteiger partial charge in [0.1, 0.15) is 0 Å². The summed E-state index contributed by atoms with van der Waals surface area (Å²) >= 11 is 0. The molecule has 88 valence electrons. The van der Waals surface area contributed by atoms with Gasteiger partial charge in [0.05, 0.1) is 13.2 Å². The summed E-state index contributed by atoms with van der Waals surface area (Å²) in [6, 6.07) is 0. The first-order valence-corrected chi connectivity index (χ1v) is 6.07. The van der Waals surface area contributed by atoms with E-state index in [4.69, 9.17) is 4.84 Å². The smallest absolute Gasteiger partial charge is 0.246 e. The number of unbranched alkanes of at least 4 members (excludes halogenated alkanes) is 3. The predicted octanol–water partition coefficient (Wildman–Crippen LogP) is 0.733. The summed E-state index contributed by atoms with van der Waals surface area (Å²) in [7, 11) is 0. The second-order valence-corrected chi connectivity index (χ2v) is 4.05. The fourth-order valence-electron chi connectivity index (χ4n) is 1.72. The molecule has 0 radical (unpaired) electrons. The molecule has 0 atom stereocenters. The molecule has 1 saturated heterocycles. The van der Waals surface area contributed by atoms with Crippen LogP contribution in [0.4, 0.5) is 0 Å². The molecule has 0 saturated carbocycles. The van der Waals surface area contributed by atoms with Crippen LogP contribution < -0.4 is 5.73 Å². The fourth-order valence-corrected chi connectivity index (χ4v) is 1.72. The Morgan fingerprint density at radius 2 is 2.00 bits per heavy atom. The largest absolute Gasteiger partial charge is 0.358 e. The van der Waals surface area contributed by atoms with Gasteiger partial charge in [-0.25, -0.2) is 5.06 Å². The molecule has 1 aliphatic heterocycles. The maximum Gasteiger partial charge on any atom is 0.246 e. The van der Waals surface area contributed by atoms with Gasteiger partial charge in [0, 0.05) is 13.0 Å². The number of hydrogen-bond acceptors (Lipinski definition) is 2. The Balaban J connectivity index is 2.02. The van der Waals surface area contributed by atoms with Crippen LogP contribution in [-0.2, 0) is 9.63 Å². The quantitative estimate of drug-likeness (QED) is 0.664. The summed E-state index contributed by atoms with van der Waals surface area (Å²) in [5, 5.41) is 1.55. The van der Waals surface area contributed by atoms with Crippen LogP contribution in [0.25, 0.3) is 0 Å². The van der Waals surface area contributed by atoms with Crippen molar-refractivity contribution in [3.8, 4) is 0 Å². The molecule has 0 aromatic heterocycles. The van der Waals surface area contributed by atoms with E-state index in [0.717, 1.165) is 38.8 Å². The van der Waals surface area contributed by atoms with Crippen LogP contribution in [0.1, 0.15) is 44.9 Å². The normalized spacial score (nSPS) is 16.7. The molecule has 0 aromatic carbocycles. The highest BCUT2D eigenvalue weighted by Crippen LogP contribution is 2.10. The zero-order chi connectivity index (χ0) is 10.9. The van der Waals surface area contributed by atoms with Gasteiger partial charge in [-0.05, 0) is 32.1 Å². The van der Waals surface area contributed by atoms with Gasteiger partial charge in [0.2, 0.25) is 5.91 Å². The van der Waals surface area contributed by atoms with Crippen molar-refractivity contribution in [3.63, 3.8) is 0 Å². The van der Waals surface area contributed by atoms with Crippen LogP contribution in [0.3, 0.4) is 0 Å². The molecule has 15 heavy (non-hydrogen) atoms. The van der Waals surface area contributed by atoms with E-state index >= 15 is 0 Å². The fraction of sp³-hybridized carbons (Fsp3) is 0.909. The van der Waals surface area contributed by atoms with Crippen molar-refractivity contribution in [3.05, 3.63) is 0 Å². The van der Waals surface area contributed by atoms with Gasteiger partial charge in [0.25, 0.3) is 0 Å². The highest BCUT2D eigenvalue weighted by atomic mass is 16.7. The molecule has 1 fully saturated rings. The van der Waals surface area contributed by atoms with Crippen LogP contribution in [-0.4, -0.2) is 30.7 Å². The van der Waals surface area contributed by atoms with Gasteiger partial charge in [-0.15, -0.1) is 0 Å². The third kappa shape index (κ3) is 5.14. The van der Waals surface area contributed by atoms with Crippen molar-refractivity contribution in [2.24, 2.45) is 0 Å². The maximum atomic E-state index is 11.6. The van der Waals surface area contributed by atoms with Crippen LogP contribution >= 0.6 is 0 Å². The minimum Gasteiger partial charge on any atom is -0.358 e. The van der Waals surface area contributed by atoms with E-state index in [1.165, 1.54) is 12.8 Å². The molecular weight excluding hydrogens is 192 g/mol. The lowest BCUT2D eigenvalue weighted by Gasteiger charge is -2.25. The van der Waals surface area contributed by atoms with E-state index < -0.39 is 0 Å². The number of hydroxylamine groups is 2. The first kappa shape index (κ1) is 12.5. The van der Waals surface area contributed by atoms with Gasteiger partial charge in [-0.3, -0.25) is 9.63 Å². The third-order valence-electron chi connectivity index (χ3n) is 2.67. The lowest BCUT2D eigenvalue weighted by molar-refractivity contribution is -0.368. The Morgan fingerprint density at radius 3 is 2.67 bits per heavy atom. The molecule has 0 bridgehead atoms. The molecule has 1 heterocycles. The first-order valence-electron chi connectivity index (χ1n) is 6.07. The highest BCUT2D eigenvalue weighted by molar-refractivity contribution is 5.75. The highest BCUT2D eigenvalue weighted by Gasteiger charge is 2.16. The average Bonchev–Trinajstić information content (AvgIpc) is 2.30. The van der Waals surface area contributed by atoms with Crippen LogP contribution in [0.2, 0.25) is 0 Å². The van der Waals surface area contributed by atoms with Crippen molar-refractivity contribution in [2.45, 2.75) is 44.9 Å². The van der Waals surface area contributed by atoms with Crippen LogP contribution in [0.15, 0.2) is 0 Å². The summed E-state index contributed by atoms with van der Waals surface area (Å²) in [6.45, 7) is 2.48. The monoisotopic (exact) mass is 215 g/mol. The zero-order valence-corrected chi connectivity index (χ0v) is 9.54. The molecule has 0 aliphatic carbocycles. The molecule has 1 aliphatic rings. The van der Waals surface area contributed by atoms with Gasteiger partial charge >= 0.3 is 0 Å². The van der Waals surface area contributed by atoms with E-state index in [-0.39, 0.29) is 5.91 Å². The molecule has 0 spiro atoms. The molecule has 1 rings (SSSR count). The van der Waals surface area contributed by atoms with Crippen molar-refractivity contribution in [2.75, 3.05) is 19.7 Å². The second kappa shape index (κ2) is 7.65. The molecular formula is C11H23N2O2+. The van der Waals surface area contributed by atoms with Crippen LogP contribution in [0.5, 0.6) is 0 Å². The van der Waals surface area contributed by atoms with Crippen LogP contribution in [0, 0.1) is 0 Å². The summed E-state index contributed by atoms with van der Waals surface area (Å²) in [4.78, 5) is 16.9. The number of carbonyl (C=O) groups is 1. The van der Waals surface area contributed by atoms with E-state index in [9.17, 15) is 4.79 Å². The Kier molecular flexibility index (Phi) is 6.36. The van der Waals surface area contributed by atoms with Gasteiger partial charge in [-0.1, -0.05) is 6.42 Å². The third-order valence-corrected chi connectivity index (χ3v) is 2.67. The van der Waals surface area contributed by atoms with Gasteiger partial charge in [0.15, 0.2) is 0 Å². The zero-order valence-electron chi connectivity index (χ0n) is 9.54. The molecule has 0 unspecified atom stereocenters. The molecule has 3 N–H and O–H groups in total. The SMILES string of the molecule is [NH3+]CCCCCCC(=O)N1CCCCO1. The molecule has 4 nitrogen and oxygen atoms in total. The van der Waals surface area contributed by atoms with Crippen molar-refractivity contribution < 1.29 is 15.4 Å².